The Balaban J connectivity index is 1.61. The zero-order valence-electron chi connectivity index (χ0n) is 16.4. The van der Waals surface area contributed by atoms with Crippen LogP contribution in [0.2, 0.25) is 0 Å². The topological polar surface area (TPSA) is 64.0 Å². The Morgan fingerprint density at radius 2 is 1.93 bits per heavy atom. The molecule has 0 spiro atoms. The van der Waals surface area contributed by atoms with E-state index in [1.165, 1.54) is 22.2 Å². The molecule has 0 aliphatic rings. The van der Waals surface area contributed by atoms with Crippen molar-refractivity contribution < 1.29 is 4.79 Å². The second-order valence-electron chi connectivity index (χ2n) is 7.07. The van der Waals surface area contributed by atoms with Crippen molar-refractivity contribution in [3.63, 3.8) is 0 Å². The minimum atomic E-state index is -0.249. The fourth-order valence-electron chi connectivity index (χ4n) is 3.28. The van der Waals surface area contributed by atoms with Crippen molar-refractivity contribution in [3.05, 3.63) is 84.9 Å². The van der Waals surface area contributed by atoms with Gasteiger partial charge in [0.05, 0.1) is 17.8 Å². The number of hydrogen-bond acceptors (Lipinski definition) is 5. The molecule has 1 N–H and O–H groups in total. The van der Waals surface area contributed by atoms with E-state index in [1.54, 1.807) is 11.3 Å². The highest BCUT2D eigenvalue weighted by Gasteiger charge is 2.19. The van der Waals surface area contributed by atoms with E-state index >= 15 is 0 Å². The number of aryl methyl sites for hydroxylation is 3. The van der Waals surface area contributed by atoms with E-state index < -0.39 is 0 Å². The van der Waals surface area contributed by atoms with Gasteiger partial charge in [0, 0.05) is 9.75 Å². The molecule has 0 fully saturated rings. The van der Waals surface area contributed by atoms with Crippen LogP contribution in [0.3, 0.4) is 0 Å². The van der Waals surface area contributed by atoms with Gasteiger partial charge in [-0.15, -0.1) is 22.7 Å². The van der Waals surface area contributed by atoms with Crippen LogP contribution in [0.1, 0.15) is 32.5 Å². The molecule has 1 aromatic carbocycles. The maximum atomic E-state index is 12.9. The van der Waals surface area contributed by atoms with Gasteiger partial charge in [0.15, 0.2) is 0 Å². The van der Waals surface area contributed by atoms with Crippen LogP contribution in [0.15, 0.2) is 52.9 Å². The largest absolute Gasteiger partial charge is 0.343 e. The molecule has 29 heavy (non-hydrogen) atoms. The van der Waals surface area contributed by atoms with Gasteiger partial charge in [0.25, 0.3) is 5.56 Å². The number of thiophene rings is 2. The normalized spacial score (nSPS) is 12.2. The number of carbonyl (C=O) groups excluding carboxylic acids is 1. The van der Waals surface area contributed by atoms with Gasteiger partial charge in [-0.05, 0) is 43.3 Å². The second kappa shape index (κ2) is 7.93. The first kappa shape index (κ1) is 19.5. The molecule has 0 aliphatic carbocycles. The summed E-state index contributed by atoms with van der Waals surface area (Å²) in [5.41, 5.74) is 2.94. The van der Waals surface area contributed by atoms with Crippen molar-refractivity contribution in [1.82, 2.24) is 14.9 Å². The lowest BCUT2D eigenvalue weighted by Gasteiger charge is -2.19. The average Bonchev–Trinajstić information content (AvgIpc) is 3.32. The van der Waals surface area contributed by atoms with E-state index in [9.17, 15) is 9.59 Å². The first-order valence-electron chi connectivity index (χ1n) is 9.28. The SMILES string of the molecule is Cc1ccc(C(NC(=O)Cn2cnc3sc(C)c(C)c3c2=O)c2cccs2)cc1. The lowest BCUT2D eigenvalue weighted by molar-refractivity contribution is -0.122. The molecule has 1 amide bonds. The third-order valence-electron chi connectivity index (χ3n) is 5.01. The van der Waals surface area contributed by atoms with Crippen molar-refractivity contribution in [2.24, 2.45) is 0 Å². The summed E-state index contributed by atoms with van der Waals surface area (Å²) in [4.78, 5) is 32.9. The van der Waals surface area contributed by atoms with Gasteiger partial charge in [0.1, 0.15) is 11.4 Å². The van der Waals surface area contributed by atoms with Crippen LogP contribution in [0.5, 0.6) is 0 Å². The van der Waals surface area contributed by atoms with E-state index in [4.69, 9.17) is 0 Å². The third-order valence-corrected chi connectivity index (χ3v) is 7.07. The maximum absolute atomic E-state index is 12.9. The average molecular weight is 424 g/mol. The summed E-state index contributed by atoms with van der Waals surface area (Å²) < 4.78 is 1.39. The predicted octanol–water partition coefficient (Wildman–Crippen LogP) is 4.35. The number of aromatic nitrogens is 2. The van der Waals surface area contributed by atoms with E-state index in [0.29, 0.717) is 5.39 Å². The zero-order valence-corrected chi connectivity index (χ0v) is 18.1. The summed E-state index contributed by atoms with van der Waals surface area (Å²) >= 11 is 3.10. The monoisotopic (exact) mass is 423 g/mol. The fourth-order valence-corrected chi connectivity index (χ4v) is 5.07. The molecule has 3 aromatic heterocycles. The van der Waals surface area contributed by atoms with Gasteiger partial charge < -0.3 is 5.32 Å². The summed E-state index contributed by atoms with van der Waals surface area (Å²) in [6, 6.07) is 11.8. The summed E-state index contributed by atoms with van der Waals surface area (Å²) in [5.74, 6) is -0.225. The molecule has 5 nitrogen and oxygen atoms in total. The predicted molar refractivity (Wildman–Crippen MR) is 119 cm³/mol. The number of nitrogens with one attached hydrogen (secondary N) is 1. The van der Waals surface area contributed by atoms with Crippen molar-refractivity contribution in [1.29, 1.82) is 0 Å². The smallest absolute Gasteiger partial charge is 0.262 e. The van der Waals surface area contributed by atoms with Gasteiger partial charge in [0.2, 0.25) is 5.91 Å². The molecule has 148 valence electrons. The van der Waals surface area contributed by atoms with Gasteiger partial charge in [-0.25, -0.2) is 4.98 Å². The molecule has 1 unspecified atom stereocenters. The molecule has 4 rings (SSSR count). The first-order valence-corrected chi connectivity index (χ1v) is 11.0. The molecule has 7 heteroatoms. The molecule has 4 aromatic rings. The van der Waals surface area contributed by atoms with Gasteiger partial charge in [-0.3, -0.25) is 14.2 Å². The lowest BCUT2D eigenvalue weighted by atomic mass is 10.0. The van der Waals surface area contributed by atoms with E-state index in [0.717, 1.165) is 31.3 Å². The summed E-state index contributed by atoms with van der Waals surface area (Å²) in [6.45, 7) is 5.87. The number of fused-ring (bicyclic) bond motifs is 1. The van der Waals surface area contributed by atoms with E-state index in [-0.39, 0.29) is 24.1 Å². The summed E-state index contributed by atoms with van der Waals surface area (Å²) in [5, 5.41) is 5.69. The van der Waals surface area contributed by atoms with Crippen molar-refractivity contribution in [3.8, 4) is 0 Å². The molecule has 0 aliphatic heterocycles. The van der Waals surface area contributed by atoms with Crippen LogP contribution in [-0.2, 0) is 11.3 Å². The molecule has 1 atom stereocenters. The summed E-state index contributed by atoms with van der Waals surface area (Å²) in [7, 11) is 0. The van der Waals surface area contributed by atoms with Crippen molar-refractivity contribution in [2.75, 3.05) is 0 Å². The van der Waals surface area contributed by atoms with Crippen LogP contribution in [0, 0.1) is 20.8 Å². The van der Waals surface area contributed by atoms with Gasteiger partial charge in [-0.1, -0.05) is 35.9 Å². The Morgan fingerprint density at radius 1 is 1.17 bits per heavy atom. The van der Waals surface area contributed by atoms with Gasteiger partial charge in [-0.2, -0.15) is 0 Å². The highest BCUT2D eigenvalue weighted by Crippen LogP contribution is 2.27. The zero-order chi connectivity index (χ0) is 20.5. The molecule has 0 bridgehead atoms. The van der Waals surface area contributed by atoms with Crippen LogP contribution in [-0.4, -0.2) is 15.5 Å². The lowest BCUT2D eigenvalue weighted by Crippen LogP contribution is -2.35. The third kappa shape index (κ3) is 3.88. The van der Waals surface area contributed by atoms with Crippen LogP contribution >= 0.6 is 22.7 Å². The van der Waals surface area contributed by atoms with E-state index in [1.807, 2.05) is 62.5 Å². The Hall–Kier alpha value is -2.77. The number of carbonyl (C=O) groups is 1. The molecule has 0 saturated heterocycles. The minimum Gasteiger partial charge on any atom is -0.343 e. The van der Waals surface area contributed by atoms with Crippen LogP contribution in [0.25, 0.3) is 10.2 Å². The number of rotatable bonds is 5. The Bertz CT molecular complexity index is 1220. The van der Waals surface area contributed by atoms with Crippen LogP contribution < -0.4 is 10.9 Å². The number of nitrogens with zero attached hydrogens (tertiary/aromatic N) is 2. The fraction of sp³-hybridized carbons (Fsp3) is 0.227. The Labute approximate surface area is 176 Å². The highest BCUT2D eigenvalue weighted by molar-refractivity contribution is 7.18. The van der Waals surface area contributed by atoms with E-state index in [2.05, 4.69) is 10.3 Å². The highest BCUT2D eigenvalue weighted by atomic mass is 32.1. The van der Waals surface area contributed by atoms with Gasteiger partial charge >= 0.3 is 0 Å². The van der Waals surface area contributed by atoms with Crippen LogP contribution in [0.4, 0.5) is 0 Å². The Kier molecular flexibility index (Phi) is 5.34. The molecular weight excluding hydrogens is 402 g/mol. The minimum absolute atomic E-state index is 0.0656. The van der Waals surface area contributed by atoms with Crippen molar-refractivity contribution in [2.45, 2.75) is 33.4 Å². The summed E-state index contributed by atoms with van der Waals surface area (Å²) in [6.07, 6.45) is 1.46. The molecule has 3 heterocycles. The molecule has 0 radical (unpaired) electrons. The number of benzene rings is 1. The maximum Gasteiger partial charge on any atom is 0.262 e. The molecule has 0 saturated carbocycles. The second-order valence-corrected chi connectivity index (χ2v) is 9.25. The standard InChI is InChI=1S/C22H21N3O2S2/c1-13-6-8-16(9-7-13)20(17-5-4-10-28-17)24-18(26)11-25-12-23-21-19(22(25)27)14(2)15(3)29-21/h4-10,12,20H,11H2,1-3H3,(H,24,26). The first-order chi connectivity index (χ1) is 13.9. The quantitative estimate of drug-likeness (QED) is 0.519. The number of hydrogen-bond donors (Lipinski definition) is 1. The Morgan fingerprint density at radius 3 is 2.62 bits per heavy atom. The molecular formula is C22H21N3O2S2. The number of amides is 1. The van der Waals surface area contributed by atoms with Crippen molar-refractivity contribution >= 4 is 38.8 Å².